The number of rotatable bonds is 8. The van der Waals surface area contributed by atoms with E-state index >= 15 is 0 Å². The van der Waals surface area contributed by atoms with Gasteiger partial charge in [-0.2, -0.15) is 0 Å². The maximum absolute atomic E-state index is 11.7. The number of ether oxygens (including phenoxy) is 2. The molecule has 0 saturated heterocycles. The first-order valence-corrected chi connectivity index (χ1v) is 11.6. The average Bonchev–Trinajstić information content (AvgIpc) is 2.84. The summed E-state index contributed by atoms with van der Waals surface area (Å²) in [6.07, 6.45) is 3.93. The highest BCUT2D eigenvalue weighted by molar-refractivity contribution is 5.91. The van der Waals surface area contributed by atoms with Crippen LogP contribution in [0.2, 0.25) is 0 Å². The third-order valence-electron chi connectivity index (χ3n) is 6.14. The van der Waals surface area contributed by atoms with E-state index < -0.39 is 0 Å². The first kappa shape index (κ1) is 25.8. The van der Waals surface area contributed by atoms with Crippen molar-refractivity contribution in [1.82, 2.24) is 4.98 Å². The average molecular weight is 474 g/mol. The molecule has 0 spiro atoms. The number of carbonyl (C=O) groups is 1. The summed E-state index contributed by atoms with van der Waals surface area (Å²) < 4.78 is 11.9. The summed E-state index contributed by atoms with van der Waals surface area (Å²) in [5.41, 5.74) is 8.17. The van der Waals surface area contributed by atoms with Gasteiger partial charge in [0.25, 0.3) is 0 Å². The monoisotopic (exact) mass is 473 g/mol. The quantitative estimate of drug-likeness (QED) is 0.383. The Kier molecular flexibility index (Phi) is 8.18. The van der Waals surface area contributed by atoms with Crippen LogP contribution in [0.3, 0.4) is 0 Å². The van der Waals surface area contributed by atoms with Crippen LogP contribution < -0.4 is 19.7 Å². The molecule has 3 rings (SSSR count). The van der Waals surface area contributed by atoms with Crippen molar-refractivity contribution in [1.29, 1.82) is 0 Å². The van der Waals surface area contributed by atoms with E-state index in [1.807, 2.05) is 26.0 Å². The van der Waals surface area contributed by atoms with Crippen LogP contribution in [0.4, 0.5) is 11.5 Å². The number of amides is 1. The molecule has 1 heterocycles. The molecule has 184 valence electrons. The topological polar surface area (TPSA) is 63.7 Å². The molecule has 1 N–H and O–H groups in total. The molecule has 0 atom stereocenters. The van der Waals surface area contributed by atoms with Crippen molar-refractivity contribution in [2.45, 2.75) is 34.6 Å². The van der Waals surface area contributed by atoms with Crippen molar-refractivity contribution < 1.29 is 14.3 Å². The second-order valence-corrected chi connectivity index (χ2v) is 8.79. The van der Waals surface area contributed by atoms with E-state index in [1.54, 1.807) is 27.5 Å². The zero-order valence-electron chi connectivity index (χ0n) is 21.9. The zero-order chi connectivity index (χ0) is 25.7. The summed E-state index contributed by atoms with van der Waals surface area (Å²) in [7, 11) is 5.09. The lowest BCUT2D eigenvalue weighted by Crippen LogP contribution is -2.23. The number of nitrogens with one attached hydrogen (secondary N) is 1. The summed E-state index contributed by atoms with van der Waals surface area (Å²) >= 11 is 0. The Morgan fingerprint density at radius 1 is 0.914 bits per heavy atom. The Hall–Kier alpha value is -3.80. The molecule has 0 aliphatic heterocycles. The van der Waals surface area contributed by atoms with Gasteiger partial charge in [-0.25, -0.2) is 4.98 Å². The lowest BCUT2D eigenvalue weighted by Gasteiger charge is -2.23. The zero-order valence-corrected chi connectivity index (χ0v) is 21.9. The third kappa shape index (κ3) is 5.48. The van der Waals surface area contributed by atoms with Crippen LogP contribution in [0, 0.1) is 13.8 Å². The molecule has 3 aromatic rings. The van der Waals surface area contributed by atoms with E-state index in [0.29, 0.717) is 5.82 Å². The van der Waals surface area contributed by atoms with Crippen molar-refractivity contribution in [3.8, 4) is 33.8 Å². The van der Waals surface area contributed by atoms with Crippen molar-refractivity contribution in [3.05, 3.63) is 65.4 Å². The van der Waals surface area contributed by atoms with E-state index in [0.717, 1.165) is 57.1 Å². The lowest BCUT2D eigenvalue weighted by molar-refractivity contribution is -0.116. The van der Waals surface area contributed by atoms with Gasteiger partial charge in [-0.05, 0) is 57.5 Å². The molecular formula is C29H35N3O3. The molecule has 0 radical (unpaired) electrons. The molecule has 0 aliphatic carbocycles. The second kappa shape index (κ2) is 11.1. The number of anilines is 2. The van der Waals surface area contributed by atoms with Gasteiger partial charge in [0.15, 0.2) is 0 Å². The summed E-state index contributed by atoms with van der Waals surface area (Å²) in [4.78, 5) is 17.7. The number of hydrogen-bond acceptors (Lipinski definition) is 5. The van der Waals surface area contributed by atoms with Gasteiger partial charge < -0.3 is 19.7 Å². The molecule has 0 saturated carbocycles. The molecular weight excluding hydrogens is 438 g/mol. The Morgan fingerprint density at radius 3 is 1.91 bits per heavy atom. The minimum absolute atomic E-state index is 0.0703. The van der Waals surface area contributed by atoms with Gasteiger partial charge in [-0.1, -0.05) is 23.8 Å². The highest BCUT2D eigenvalue weighted by atomic mass is 16.5. The van der Waals surface area contributed by atoms with E-state index in [9.17, 15) is 4.79 Å². The van der Waals surface area contributed by atoms with Crippen molar-refractivity contribution in [2.24, 2.45) is 0 Å². The van der Waals surface area contributed by atoms with Crippen molar-refractivity contribution in [3.63, 3.8) is 0 Å². The van der Waals surface area contributed by atoms with E-state index in [2.05, 4.69) is 54.5 Å². The smallest absolute Gasteiger partial charge is 0.224 e. The Labute approximate surface area is 208 Å². The molecule has 1 amide bonds. The standard InChI is InChI=1S/C29H35N3O3/c1-18(2)15-16-30-24-12-9-22(10-13-24)26-19(3)29(35-8)27(20(4)28(26)34-7)23-11-14-25(31-17-23)32(6)21(5)33/h9-15,17,30H,16H2,1-8H3. The Morgan fingerprint density at radius 2 is 1.46 bits per heavy atom. The van der Waals surface area contributed by atoms with Gasteiger partial charge in [0, 0.05) is 60.2 Å². The van der Waals surface area contributed by atoms with Gasteiger partial charge in [-0.15, -0.1) is 0 Å². The fourth-order valence-corrected chi connectivity index (χ4v) is 4.17. The van der Waals surface area contributed by atoms with Gasteiger partial charge in [0.05, 0.1) is 14.2 Å². The number of aromatic nitrogens is 1. The lowest BCUT2D eigenvalue weighted by atomic mass is 9.89. The predicted molar refractivity (Wildman–Crippen MR) is 145 cm³/mol. The maximum Gasteiger partial charge on any atom is 0.224 e. The number of carbonyl (C=O) groups excluding carboxylic acids is 1. The molecule has 0 fully saturated rings. The first-order chi connectivity index (χ1) is 16.7. The van der Waals surface area contributed by atoms with Crippen LogP contribution >= 0.6 is 0 Å². The molecule has 1 aromatic heterocycles. The summed E-state index contributed by atoms with van der Waals surface area (Å²) in [6, 6.07) is 12.2. The van der Waals surface area contributed by atoms with Crippen LogP contribution in [-0.2, 0) is 4.79 Å². The van der Waals surface area contributed by atoms with Crippen LogP contribution in [0.15, 0.2) is 54.2 Å². The van der Waals surface area contributed by atoms with Gasteiger partial charge in [-0.3, -0.25) is 4.79 Å². The number of benzene rings is 2. The molecule has 2 aromatic carbocycles. The Balaban J connectivity index is 2.07. The number of allylic oxidation sites excluding steroid dienone is 1. The largest absolute Gasteiger partial charge is 0.496 e. The fourth-order valence-electron chi connectivity index (χ4n) is 4.17. The number of pyridine rings is 1. The molecule has 6 nitrogen and oxygen atoms in total. The van der Waals surface area contributed by atoms with Crippen LogP contribution in [0.25, 0.3) is 22.3 Å². The minimum atomic E-state index is -0.0703. The molecule has 6 heteroatoms. The Bertz CT molecular complexity index is 1230. The van der Waals surface area contributed by atoms with Crippen LogP contribution in [0.1, 0.15) is 31.9 Å². The molecule has 0 unspecified atom stereocenters. The van der Waals surface area contributed by atoms with E-state index in [1.165, 1.54) is 17.4 Å². The number of hydrogen-bond donors (Lipinski definition) is 1. The van der Waals surface area contributed by atoms with Gasteiger partial charge in [0.2, 0.25) is 5.91 Å². The van der Waals surface area contributed by atoms with Crippen LogP contribution in [0.5, 0.6) is 11.5 Å². The normalized spacial score (nSPS) is 10.5. The van der Waals surface area contributed by atoms with Gasteiger partial charge in [0.1, 0.15) is 17.3 Å². The summed E-state index contributed by atoms with van der Waals surface area (Å²) in [5, 5.41) is 3.42. The van der Waals surface area contributed by atoms with Crippen molar-refractivity contribution >= 4 is 17.4 Å². The molecule has 0 aliphatic rings. The first-order valence-electron chi connectivity index (χ1n) is 11.6. The number of methoxy groups -OCH3 is 2. The fraction of sp³-hybridized carbons (Fsp3) is 0.310. The summed E-state index contributed by atoms with van der Waals surface area (Å²) in [5.74, 6) is 2.10. The number of nitrogens with zero attached hydrogens (tertiary/aromatic N) is 2. The highest BCUT2D eigenvalue weighted by Gasteiger charge is 2.23. The van der Waals surface area contributed by atoms with Crippen LogP contribution in [-0.4, -0.2) is 38.7 Å². The van der Waals surface area contributed by atoms with Gasteiger partial charge >= 0.3 is 0 Å². The van der Waals surface area contributed by atoms with Crippen molar-refractivity contribution in [2.75, 3.05) is 38.0 Å². The van der Waals surface area contributed by atoms with E-state index in [-0.39, 0.29) is 5.91 Å². The minimum Gasteiger partial charge on any atom is -0.496 e. The second-order valence-electron chi connectivity index (χ2n) is 8.79. The predicted octanol–water partition coefficient (Wildman–Crippen LogP) is 6.41. The summed E-state index contributed by atoms with van der Waals surface area (Å²) in [6.45, 7) is 10.6. The molecule has 35 heavy (non-hydrogen) atoms. The SMILES string of the molecule is COc1c(C)c(-c2ccc(N(C)C(C)=O)nc2)c(OC)c(C)c1-c1ccc(NCC=C(C)C)cc1. The van der Waals surface area contributed by atoms with E-state index in [4.69, 9.17) is 9.47 Å². The highest BCUT2D eigenvalue weighted by Crippen LogP contribution is 2.48. The third-order valence-corrected chi connectivity index (χ3v) is 6.14. The molecule has 0 bridgehead atoms. The maximum atomic E-state index is 11.7.